The number of nitrogens with two attached hydrogens (primary N) is 1. The highest BCUT2D eigenvalue weighted by Crippen LogP contribution is 2.30. The van der Waals surface area contributed by atoms with Gasteiger partial charge in [-0.25, -0.2) is 9.97 Å². The van der Waals surface area contributed by atoms with Gasteiger partial charge in [-0.3, -0.25) is 4.98 Å². The number of halogens is 1. The molecular weight excluding hydrogens is 312 g/mol. The number of fused-ring (bicyclic) bond motifs is 1. The summed E-state index contributed by atoms with van der Waals surface area (Å²) in [5, 5.41) is 0.999. The Morgan fingerprint density at radius 3 is 3.10 bits per heavy atom. The van der Waals surface area contributed by atoms with Gasteiger partial charge < -0.3 is 5.73 Å². The maximum absolute atomic E-state index is 5.85. The third kappa shape index (κ3) is 3.37. The van der Waals surface area contributed by atoms with E-state index in [0.29, 0.717) is 16.1 Å². The fourth-order valence-electron chi connectivity index (χ4n) is 1.99. The van der Waals surface area contributed by atoms with Crippen molar-refractivity contribution >= 4 is 40.9 Å². The van der Waals surface area contributed by atoms with E-state index in [1.807, 2.05) is 18.0 Å². The third-order valence-electron chi connectivity index (χ3n) is 2.92. The number of aromatic nitrogens is 3. The summed E-state index contributed by atoms with van der Waals surface area (Å²) < 4.78 is 0. The first kappa shape index (κ1) is 14.0. The Labute approximate surface area is 130 Å². The number of hydrogen-bond acceptors (Lipinski definition) is 6. The average molecular weight is 325 g/mol. The topological polar surface area (TPSA) is 64.7 Å². The van der Waals surface area contributed by atoms with Gasteiger partial charge >= 0.3 is 0 Å². The fourth-order valence-corrected chi connectivity index (χ4v) is 4.08. The maximum atomic E-state index is 5.85. The molecule has 4 nitrogen and oxygen atoms in total. The van der Waals surface area contributed by atoms with Crippen molar-refractivity contribution in [1.29, 1.82) is 0 Å². The second-order valence-electron chi connectivity index (χ2n) is 4.38. The minimum Gasteiger partial charge on any atom is -0.384 e. The van der Waals surface area contributed by atoms with Crippen LogP contribution in [0.25, 0.3) is 0 Å². The van der Waals surface area contributed by atoms with Crippen LogP contribution in [0.1, 0.15) is 11.3 Å². The number of rotatable bonds is 4. The molecule has 7 heteroatoms. The van der Waals surface area contributed by atoms with Gasteiger partial charge in [-0.2, -0.15) is 0 Å². The largest absolute Gasteiger partial charge is 0.384 e. The number of thioether (sulfide) groups is 2. The van der Waals surface area contributed by atoms with Crippen molar-refractivity contribution in [3.05, 3.63) is 34.7 Å². The van der Waals surface area contributed by atoms with Gasteiger partial charge in [-0.15, -0.1) is 11.8 Å². The highest BCUT2D eigenvalue weighted by atomic mass is 35.5. The smallest absolute Gasteiger partial charge is 0.190 e. The molecule has 0 amide bonds. The summed E-state index contributed by atoms with van der Waals surface area (Å²) in [5.74, 6) is 2.43. The Bertz CT molecular complexity index is 616. The normalized spacial score (nSPS) is 13.4. The molecule has 1 aliphatic rings. The molecule has 0 aliphatic carbocycles. The molecule has 0 unspecified atom stereocenters. The zero-order valence-electron chi connectivity index (χ0n) is 10.7. The van der Waals surface area contributed by atoms with Crippen LogP contribution in [0.4, 0.5) is 5.82 Å². The SMILES string of the molecule is Nc1cc(Cl)nc(SCCc2cc3c(cn2)SCC3)n1. The van der Waals surface area contributed by atoms with Crippen molar-refractivity contribution in [3.8, 4) is 0 Å². The Hall–Kier alpha value is -0.980. The summed E-state index contributed by atoms with van der Waals surface area (Å²) in [6, 6.07) is 3.76. The molecule has 104 valence electrons. The van der Waals surface area contributed by atoms with E-state index >= 15 is 0 Å². The molecule has 0 aromatic carbocycles. The Morgan fingerprint density at radius 2 is 2.25 bits per heavy atom. The highest BCUT2D eigenvalue weighted by molar-refractivity contribution is 7.99. The van der Waals surface area contributed by atoms with E-state index in [-0.39, 0.29) is 0 Å². The zero-order chi connectivity index (χ0) is 13.9. The lowest BCUT2D eigenvalue weighted by Crippen LogP contribution is -1.98. The molecular formula is C13H13ClN4S2. The predicted molar refractivity (Wildman–Crippen MR) is 84.5 cm³/mol. The molecule has 2 N–H and O–H groups in total. The highest BCUT2D eigenvalue weighted by Gasteiger charge is 2.12. The van der Waals surface area contributed by atoms with Crippen molar-refractivity contribution in [2.24, 2.45) is 0 Å². The summed E-state index contributed by atoms with van der Waals surface area (Å²) >= 11 is 9.28. The van der Waals surface area contributed by atoms with Gasteiger partial charge in [0.15, 0.2) is 5.16 Å². The number of nitrogen functional groups attached to an aromatic ring is 1. The van der Waals surface area contributed by atoms with Crippen LogP contribution in [0.2, 0.25) is 5.15 Å². The van der Waals surface area contributed by atoms with Gasteiger partial charge in [-0.1, -0.05) is 23.4 Å². The molecule has 3 rings (SSSR count). The Kier molecular flexibility index (Phi) is 4.33. The van der Waals surface area contributed by atoms with E-state index in [4.69, 9.17) is 17.3 Å². The first-order valence-corrected chi connectivity index (χ1v) is 8.59. The quantitative estimate of drug-likeness (QED) is 0.529. The number of anilines is 1. The second-order valence-corrected chi connectivity index (χ2v) is 6.96. The van der Waals surface area contributed by atoms with Gasteiger partial charge in [-0.05, 0) is 24.5 Å². The Morgan fingerprint density at radius 1 is 1.35 bits per heavy atom. The Balaban J connectivity index is 1.59. The monoisotopic (exact) mass is 324 g/mol. The van der Waals surface area contributed by atoms with Gasteiger partial charge in [0.05, 0.1) is 0 Å². The summed E-state index contributed by atoms with van der Waals surface area (Å²) in [7, 11) is 0. The molecule has 0 saturated carbocycles. The summed E-state index contributed by atoms with van der Waals surface area (Å²) in [5.41, 5.74) is 8.18. The van der Waals surface area contributed by atoms with Gasteiger partial charge in [0, 0.05) is 34.4 Å². The van der Waals surface area contributed by atoms with E-state index in [0.717, 1.165) is 24.3 Å². The van der Waals surface area contributed by atoms with Crippen LogP contribution in [-0.2, 0) is 12.8 Å². The number of hydrogen-bond donors (Lipinski definition) is 1. The van der Waals surface area contributed by atoms with Gasteiger partial charge in [0.25, 0.3) is 0 Å². The molecule has 0 saturated heterocycles. The maximum Gasteiger partial charge on any atom is 0.190 e. The lowest BCUT2D eigenvalue weighted by atomic mass is 10.1. The molecule has 2 aromatic rings. The molecule has 0 spiro atoms. The van der Waals surface area contributed by atoms with E-state index < -0.39 is 0 Å². The minimum absolute atomic E-state index is 0.382. The molecule has 1 aliphatic heterocycles. The molecule has 3 heterocycles. The average Bonchev–Trinajstić information content (AvgIpc) is 2.85. The molecule has 20 heavy (non-hydrogen) atoms. The van der Waals surface area contributed by atoms with Crippen molar-refractivity contribution in [2.75, 3.05) is 17.2 Å². The summed E-state index contributed by atoms with van der Waals surface area (Å²) in [6.07, 6.45) is 4.02. The molecule has 0 radical (unpaired) electrons. The minimum atomic E-state index is 0.382. The van der Waals surface area contributed by atoms with Crippen LogP contribution in [0.5, 0.6) is 0 Å². The molecule has 0 fully saturated rings. The molecule has 2 aromatic heterocycles. The van der Waals surface area contributed by atoms with E-state index in [1.165, 1.54) is 16.2 Å². The van der Waals surface area contributed by atoms with Crippen molar-refractivity contribution in [2.45, 2.75) is 22.9 Å². The van der Waals surface area contributed by atoms with Crippen LogP contribution in [0.15, 0.2) is 28.4 Å². The van der Waals surface area contributed by atoms with Crippen LogP contribution in [-0.4, -0.2) is 26.5 Å². The van der Waals surface area contributed by atoms with Crippen LogP contribution < -0.4 is 5.73 Å². The first-order chi connectivity index (χ1) is 9.70. The van der Waals surface area contributed by atoms with Crippen molar-refractivity contribution in [1.82, 2.24) is 15.0 Å². The van der Waals surface area contributed by atoms with Crippen molar-refractivity contribution in [3.63, 3.8) is 0 Å². The first-order valence-electron chi connectivity index (χ1n) is 6.24. The second kappa shape index (κ2) is 6.20. The zero-order valence-corrected chi connectivity index (χ0v) is 13.1. The van der Waals surface area contributed by atoms with E-state index in [2.05, 4.69) is 21.0 Å². The fraction of sp³-hybridized carbons (Fsp3) is 0.308. The molecule has 0 atom stereocenters. The number of aryl methyl sites for hydroxylation is 2. The predicted octanol–water partition coefficient (Wildman–Crippen LogP) is 3.09. The lowest BCUT2D eigenvalue weighted by molar-refractivity contribution is 0.961. The van der Waals surface area contributed by atoms with Crippen LogP contribution in [0, 0.1) is 0 Å². The molecule has 0 bridgehead atoms. The third-order valence-corrected chi connectivity index (χ3v) is 5.05. The summed E-state index contributed by atoms with van der Waals surface area (Å²) in [6.45, 7) is 0. The number of pyridine rings is 1. The van der Waals surface area contributed by atoms with Crippen molar-refractivity contribution < 1.29 is 0 Å². The van der Waals surface area contributed by atoms with E-state index in [9.17, 15) is 0 Å². The van der Waals surface area contributed by atoms with Gasteiger partial charge in [0.2, 0.25) is 0 Å². The van der Waals surface area contributed by atoms with Crippen LogP contribution >= 0.6 is 35.1 Å². The number of nitrogens with zero attached hydrogens (tertiary/aromatic N) is 3. The van der Waals surface area contributed by atoms with Crippen LogP contribution in [0.3, 0.4) is 0 Å². The van der Waals surface area contributed by atoms with Gasteiger partial charge in [0.1, 0.15) is 11.0 Å². The summed E-state index contributed by atoms with van der Waals surface area (Å²) in [4.78, 5) is 14.1. The lowest BCUT2D eigenvalue weighted by Gasteiger charge is -2.04. The standard InChI is InChI=1S/C13H13ClN4S2/c14-11-6-12(15)18-13(17-11)20-4-2-9-5-8-1-3-19-10(8)7-16-9/h5-7H,1-4H2,(H2,15,17,18). The van der Waals surface area contributed by atoms with E-state index in [1.54, 1.807) is 17.8 Å².